The second-order valence-corrected chi connectivity index (χ2v) is 7.28. The molecular formula is C22H23F3N6O. The zero-order valence-electron chi connectivity index (χ0n) is 17.5. The number of aliphatic imine (C=N–C) groups is 1. The lowest BCUT2D eigenvalue weighted by Crippen LogP contribution is -2.48. The van der Waals surface area contributed by atoms with Crippen molar-refractivity contribution >= 4 is 5.96 Å². The van der Waals surface area contributed by atoms with Crippen LogP contribution in [0.3, 0.4) is 0 Å². The first-order chi connectivity index (χ1) is 15.5. The standard InChI is InChI=1S/C22H23F3N6O/c1-26-21(27-13-20-29-28-15-31(20)18-8-3-2-4-9-18)30-10-11-32-19(14-30)16-6-5-7-17(12-16)22(23,24)25/h2-9,12,15,19H,10-11,13-14H2,1H3,(H,26,27). The van der Waals surface area contributed by atoms with Crippen molar-refractivity contribution in [1.82, 2.24) is 25.0 Å². The molecule has 168 valence electrons. The number of nitrogens with zero attached hydrogens (tertiary/aromatic N) is 5. The Labute approximate surface area is 183 Å². The summed E-state index contributed by atoms with van der Waals surface area (Å²) in [6.07, 6.45) is -3.23. The summed E-state index contributed by atoms with van der Waals surface area (Å²) >= 11 is 0. The first-order valence-corrected chi connectivity index (χ1v) is 10.1. The van der Waals surface area contributed by atoms with E-state index in [2.05, 4.69) is 20.5 Å². The molecule has 0 radical (unpaired) electrons. The highest BCUT2D eigenvalue weighted by atomic mass is 19.4. The molecule has 2 heterocycles. The van der Waals surface area contributed by atoms with Crippen molar-refractivity contribution in [3.63, 3.8) is 0 Å². The van der Waals surface area contributed by atoms with E-state index >= 15 is 0 Å². The zero-order valence-corrected chi connectivity index (χ0v) is 17.5. The second-order valence-electron chi connectivity index (χ2n) is 7.28. The van der Waals surface area contributed by atoms with Crippen LogP contribution in [0.5, 0.6) is 0 Å². The van der Waals surface area contributed by atoms with Crippen LogP contribution < -0.4 is 5.32 Å². The van der Waals surface area contributed by atoms with Crippen molar-refractivity contribution in [2.45, 2.75) is 18.8 Å². The van der Waals surface area contributed by atoms with Crippen LogP contribution >= 0.6 is 0 Å². The van der Waals surface area contributed by atoms with Crippen molar-refractivity contribution in [2.75, 3.05) is 26.7 Å². The monoisotopic (exact) mass is 444 g/mol. The number of hydrogen-bond acceptors (Lipinski definition) is 4. The first kappa shape index (κ1) is 21.8. The number of aromatic nitrogens is 3. The van der Waals surface area contributed by atoms with Gasteiger partial charge in [0.2, 0.25) is 0 Å². The van der Waals surface area contributed by atoms with Crippen molar-refractivity contribution in [3.8, 4) is 5.69 Å². The van der Waals surface area contributed by atoms with E-state index in [4.69, 9.17) is 4.74 Å². The molecule has 1 N–H and O–H groups in total. The molecule has 1 atom stereocenters. The van der Waals surface area contributed by atoms with Crippen LogP contribution in [0.15, 0.2) is 65.9 Å². The van der Waals surface area contributed by atoms with Crippen LogP contribution in [-0.4, -0.2) is 52.4 Å². The maximum atomic E-state index is 13.1. The molecule has 1 fully saturated rings. The number of alkyl halides is 3. The third kappa shape index (κ3) is 4.91. The van der Waals surface area contributed by atoms with Gasteiger partial charge in [-0.05, 0) is 29.8 Å². The number of hydrogen-bond donors (Lipinski definition) is 1. The van der Waals surface area contributed by atoms with Gasteiger partial charge in [0.05, 0.1) is 25.3 Å². The number of benzene rings is 2. The summed E-state index contributed by atoms with van der Waals surface area (Å²) in [5.74, 6) is 1.33. The van der Waals surface area contributed by atoms with Crippen molar-refractivity contribution in [2.24, 2.45) is 4.99 Å². The van der Waals surface area contributed by atoms with Gasteiger partial charge < -0.3 is 15.0 Å². The van der Waals surface area contributed by atoms with Gasteiger partial charge in [-0.2, -0.15) is 13.2 Å². The summed E-state index contributed by atoms with van der Waals surface area (Å²) in [5, 5.41) is 11.5. The lowest BCUT2D eigenvalue weighted by atomic mass is 10.0. The molecule has 0 saturated carbocycles. The minimum Gasteiger partial charge on any atom is -0.370 e. The Bertz CT molecular complexity index is 1070. The van der Waals surface area contributed by atoms with E-state index in [1.54, 1.807) is 19.4 Å². The van der Waals surface area contributed by atoms with Crippen LogP contribution in [0.1, 0.15) is 23.1 Å². The fourth-order valence-corrected chi connectivity index (χ4v) is 3.63. The number of halogens is 3. The van der Waals surface area contributed by atoms with Gasteiger partial charge in [0, 0.05) is 19.3 Å². The number of ether oxygens (including phenoxy) is 1. The van der Waals surface area contributed by atoms with Gasteiger partial charge in [-0.25, -0.2) is 0 Å². The summed E-state index contributed by atoms with van der Waals surface area (Å²) < 4.78 is 46.9. The van der Waals surface area contributed by atoms with E-state index in [1.807, 2.05) is 39.8 Å². The van der Waals surface area contributed by atoms with Crippen LogP contribution in [-0.2, 0) is 17.5 Å². The normalized spacial score (nSPS) is 17.4. The van der Waals surface area contributed by atoms with Crippen LogP contribution in [0.4, 0.5) is 13.2 Å². The van der Waals surface area contributed by atoms with Gasteiger partial charge in [-0.1, -0.05) is 30.3 Å². The molecule has 4 rings (SSSR count). The highest BCUT2D eigenvalue weighted by molar-refractivity contribution is 5.80. The van der Waals surface area contributed by atoms with Gasteiger partial charge in [0.1, 0.15) is 12.4 Å². The molecule has 7 nitrogen and oxygen atoms in total. The highest BCUT2D eigenvalue weighted by Gasteiger charge is 2.32. The smallest absolute Gasteiger partial charge is 0.370 e. The fourth-order valence-electron chi connectivity index (χ4n) is 3.63. The molecule has 3 aromatic rings. The average Bonchev–Trinajstić information content (AvgIpc) is 3.28. The Morgan fingerprint density at radius 3 is 2.75 bits per heavy atom. The Kier molecular flexibility index (Phi) is 6.40. The lowest BCUT2D eigenvalue weighted by Gasteiger charge is -2.35. The number of rotatable bonds is 4. The molecular weight excluding hydrogens is 421 g/mol. The third-order valence-corrected chi connectivity index (χ3v) is 5.22. The molecule has 1 aromatic heterocycles. The van der Waals surface area contributed by atoms with Gasteiger partial charge in [-0.3, -0.25) is 9.56 Å². The molecule has 1 aliphatic rings. The van der Waals surface area contributed by atoms with Gasteiger partial charge >= 0.3 is 6.18 Å². The molecule has 10 heteroatoms. The molecule has 0 bridgehead atoms. The highest BCUT2D eigenvalue weighted by Crippen LogP contribution is 2.32. The first-order valence-electron chi connectivity index (χ1n) is 10.1. The Hall–Kier alpha value is -3.40. The minimum absolute atomic E-state index is 0.377. The molecule has 0 aliphatic carbocycles. The largest absolute Gasteiger partial charge is 0.416 e. The Morgan fingerprint density at radius 1 is 1.19 bits per heavy atom. The van der Waals surface area contributed by atoms with Crippen LogP contribution in [0.2, 0.25) is 0 Å². The topological polar surface area (TPSA) is 67.6 Å². The number of morpholine rings is 1. The van der Waals surface area contributed by atoms with E-state index in [9.17, 15) is 13.2 Å². The molecule has 0 spiro atoms. The molecule has 2 aromatic carbocycles. The number of guanidine groups is 1. The molecule has 1 saturated heterocycles. The number of nitrogens with one attached hydrogen (secondary N) is 1. The minimum atomic E-state index is -4.39. The van der Waals surface area contributed by atoms with E-state index in [0.717, 1.165) is 17.8 Å². The van der Waals surface area contributed by atoms with E-state index in [1.165, 1.54) is 6.07 Å². The summed E-state index contributed by atoms with van der Waals surface area (Å²) in [5.41, 5.74) is 0.752. The van der Waals surface area contributed by atoms with E-state index in [-0.39, 0.29) is 0 Å². The molecule has 32 heavy (non-hydrogen) atoms. The van der Waals surface area contributed by atoms with E-state index in [0.29, 0.717) is 43.6 Å². The van der Waals surface area contributed by atoms with E-state index < -0.39 is 17.8 Å². The summed E-state index contributed by atoms with van der Waals surface area (Å²) in [7, 11) is 1.67. The maximum Gasteiger partial charge on any atom is 0.416 e. The fraction of sp³-hybridized carbons (Fsp3) is 0.318. The predicted octanol–water partition coefficient (Wildman–Crippen LogP) is 3.44. The molecule has 0 amide bonds. The Morgan fingerprint density at radius 2 is 2.00 bits per heavy atom. The second kappa shape index (κ2) is 9.39. The summed E-state index contributed by atoms with van der Waals surface area (Å²) in [6.45, 7) is 1.71. The molecule has 1 aliphatic heterocycles. The SMILES string of the molecule is CN=C(NCc1nncn1-c1ccccc1)N1CCOC(c2cccc(C(F)(F)F)c2)C1. The number of para-hydroxylation sites is 1. The van der Waals surface area contributed by atoms with Gasteiger partial charge in [0.15, 0.2) is 11.8 Å². The average molecular weight is 444 g/mol. The predicted molar refractivity (Wildman–Crippen MR) is 113 cm³/mol. The molecule has 1 unspecified atom stereocenters. The third-order valence-electron chi connectivity index (χ3n) is 5.22. The van der Waals surface area contributed by atoms with Crippen molar-refractivity contribution in [3.05, 3.63) is 77.9 Å². The van der Waals surface area contributed by atoms with Crippen LogP contribution in [0, 0.1) is 0 Å². The van der Waals surface area contributed by atoms with Crippen LogP contribution in [0.25, 0.3) is 5.69 Å². The summed E-state index contributed by atoms with van der Waals surface area (Å²) in [4.78, 5) is 6.31. The van der Waals surface area contributed by atoms with Gasteiger partial charge in [0.25, 0.3) is 0 Å². The van der Waals surface area contributed by atoms with Crippen molar-refractivity contribution < 1.29 is 17.9 Å². The van der Waals surface area contributed by atoms with Crippen molar-refractivity contribution in [1.29, 1.82) is 0 Å². The lowest BCUT2D eigenvalue weighted by molar-refractivity contribution is -0.137. The summed E-state index contributed by atoms with van der Waals surface area (Å²) in [6, 6.07) is 15.0. The quantitative estimate of drug-likeness (QED) is 0.493. The zero-order chi connectivity index (χ0) is 22.6. The maximum absolute atomic E-state index is 13.1. The van der Waals surface area contributed by atoms with Gasteiger partial charge in [-0.15, -0.1) is 10.2 Å². The Balaban J connectivity index is 1.44.